The molecular weight excluding hydrogens is 261 g/mol. The molecule has 10 heteroatoms. The highest BCUT2D eigenvalue weighted by atomic mass is 19.4. The van der Waals surface area contributed by atoms with Crippen LogP contribution < -0.4 is 11.1 Å². The van der Waals surface area contributed by atoms with E-state index in [4.69, 9.17) is 20.7 Å². The summed E-state index contributed by atoms with van der Waals surface area (Å²) in [5.74, 6) is -4.13. The average molecular weight is 274 g/mol. The fraction of sp³-hybridized carbons (Fsp3) is 0.625. The topological polar surface area (TPSA) is 130 Å². The largest absolute Gasteiger partial charge is 0.490 e. The van der Waals surface area contributed by atoms with Crippen LogP contribution in [0, 0.1) is 0 Å². The molecule has 0 rings (SSSR count). The van der Waals surface area contributed by atoms with Gasteiger partial charge in [-0.05, 0) is 6.92 Å². The minimum absolute atomic E-state index is 0.164. The first-order chi connectivity index (χ1) is 8.02. The maximum Gasteiger partial charge on any atom is 0.490 e. The molecule has 0 unspecified atom stereocenters. The first-order valence-electron chi connectivity index (χ1n) is 4.54. The Morgan fingerprint density at radius 1 is 1.28 bits per heavy atom. The van der Waals surface area contributed by atoms with Gasteiger partial charge in [-0.2, -0.15) is 13.2 Å². The van der Waals surface area contributed by atoms with E-state index in [-0.39, 0.29) is 18.9 Å². The second kappa shape index (κ2) is 8.28. The number of aliphatic carboxylic acids is 2. The molecule has 0 aliphatic carbocycles. The Morgan fingerprint density at radius 3 is 1.89 bits per heavy atom. The molecule has 106 valence electrons. The van der Waals surface area contributed by atoms with Crippen molar-refractivity contribution < 1.29 is 37.8 Å². The van der Waals surface area contributed by atoms with Crippen LogP contribution in [0.1, 0.15) is 13.3 Å². The van der Waals surface area contributed by atoms with Crippen molar-refractivity contribution in [3.8, 4) is 0 Å². The van der Waals surface area contributed by atoms with Crippen molar-refractivity contribution in [3.05, 3.63) is 0 Å². The zero-order chi connectivity index (χ0) is 14.9. The Bertz CT molecular complexity index is 306. The van der Waals surface area contributed by atoms with Gasteiger partial charge in [-0.3, -0.25) is 9.59 Å². The van der Waals surface area contributed by atoms with Crippen LogP contribution in [0.15, 0.2) is 0 Å². The van der Waals surface area contributed by atoms with Crippen molar-refractivity contribution in [1.29, 1.82) is 0 Å². The number of alkyl halides is 3. The van der Waals surface area contributed by atoms with Gasteiger partial charge in [-0.1, -0.05) is 0 Å². The number of rotatable bonds is 4. The molecule has 0 bridgehead atoms. The molecule has 1 atom stereocenters. The van der Waals surface area contributed by atoms with Crippen LogP contribution in [0.2, 0.25) is 0 Å². The van der Waals surface area contributed by atoms with Gasteiger partial charge < -0.3 is 21.3 Å². The van der Waals surface area contributed by atoms with Crippen LogP contribution in [0.25, 0.3) is 0 Å². The number of hydrogen-bond acceptors (Lipinski definition) is 4. The van der Waals surface area contributed by atoms with Crippen LogP contribution in [0.3, 0.4) is 0 Å². The molecule has 18 heavy (non-hydrogen) atoms. The van der Waals surface area contributed by atoms with E-state index >= 15 is 0 Å². The number of hydrogen-bond donors (Lipinski definition) is 4. The lowest BCUT2D eigenvalue weighted by atomic mass is 10.3. The van der Waals surface area contributed by atoms with Crippen molar-refractivity contribution in [3.63, 3.8) is 0 Å². The Kier molecular flexibility index (Phi) is 8.52. The molecule has 0 spiro atoms. The number of carbonyl (C=O) groups excluding carboxylic acids is 1. The molecule has 0 aromatic carbocycles. The van der Waals surface area contributed by atoms with Crippen LogP contribution in [0.4, 0.5) is 13.2 Å². The first kappa shape index (κ1) is 18.5. The maximum atomic E-state index is 10.7. The van der Waals surface area contributed by atoms with Gasteiger partial charge in [-0.25, -0.2) is 4.79 Å². The van der Waals surface area contributed by atoms with E-state index in [1.807, 2.05) is 0 Å². The Morgan fingerprint density at radius 2 is 1.67 bits per heavy atom. The second-order valence-corrected chi connectivity index (χ2v) is 2.97. The van der Waals surface area contributed by atoms with E-state index in [0.29, 0.717) is 0 Å². The third-order valence-corrected chi connectivity index (χ3v) is 1.36. The van der Waals surface area contributed by atoms with E-state index in [2.05, 4.69) is 5.32 Å². The number of nitrogens with two attached hydrogens (primary N) is 1. The molecule has 0 fully saturated rings. The fourth-order valence-electron chi connectivity index (χ4n) is 0.506. The van der Waals surface area contributed by atoms with Crippen LogP contribution >= 0.6 is 0 Å². The van der Waals surface area contributed by atoms with Gasteiger partial charge in [0.25, 0.3) is 0 Å². The maximum absolute atomic E-state index is 10.7. The fourth-order valence-corrected chi connectivity index (χ4v) is 0.506. The highest BCUT2D eigenvalue weighted by Gasteiger charge is 2.38. The molecule has 0 aromatic rings. The Balaban J connectivity index is 0. The lowest BCUT2D eigenvalue weighted by Gasteiger charge is -2.07. The monoisotopic (exact) mass is 274 g/mol. The summed E-state index contributed by atoms with van der Waals surface area (Å²) in [5.41, 5.74) is 5.07. The third kappa shape index (κ3) is 10.7. The van der Waals surface area contributed by atoms with Crippen molar-refractivity contribution in [2.75, 3.05) is 6.54 Å². The van der Waals surface area contributed by atoms with E-state index in [1.165, 1.54) is 6.92 Å². The van der Waals surface area contributed by atoms with Gasteiger partial charge >= 0.3 is 18.1 Å². The number of carbonyl (C=O) groups is 3. The molecule has 0 aliphatic heterocycles. The van der Waals surface area contributed by atoms with E-state index in [0.717, 1.165) is 0 Å². The van der Waals surface area contributed by atoms with Crippen molar-refractivity contribution in [2.24, 2.45) is 5.73 Å². The molecule has 0 radical (unpaired) electrons. The van der Waals surface area contributed by atoms with Crippen LogP contribution in [-0.4, -0.2) is 46.8 Å². The SMILES string of the molecule is C[C@H](NC(=O)CCN)C(=O)O.O=C(O)C(F)(F)F. The van der Waals surface area contributed by atoms with Crippen molar-refractivity contribution in [2.45, 2.75) is 25.6 Å². The Hall–Kier alpha value is -1.84. The first-order valence-corrected chi connectivity index (χ1v) is 4.54. The summed E-state index contributed by atoms with van der Waals surface area (Å²) < 4.78 is 31.7. The molecule has 0 saturated heterocycles. The van der Waals surface area contributed by atoms with Crippen molar-refractivity contribution in [1.82, 2.24) is 5.32 Å². The van der Waals surface area contributed by atoms with Crippen molar-refractivity contribution >= 4 is 17.8 Å². The predicted octanol–water partition coefficient (Wildman–Crippen LogP) is -0.442. The zero-order valence-electron chi connectivity index (χ0n) is 9.32. The number of amides is 1. The number of nitrogens with one attached hydrogen (secondary N) is 1. The molecule has 0 saturated carbocycles. The summed E-state index contributed by atoms with van der Waals surface area (Å²) >= 11 is 0. The molecule has 0 aliphatic rings. The number of halogens is 3. The van der Waals surface area contributed by atoms with Gasteiger partial charge in [0.15, 0.2) is 0 Å². The van der Waals surface area contributed by atoms with E-state index in [1.54, 1.807) is 0 Å². The minimum Gasteiger partial charge on any atom is -0.480 e. The quantitative estimate of drug-likeness (QED) is 0.549. The zero-order valence-corrected chi connectivity index (χ0v) is 9.32. The van der Waals surface area contributed by atoms with Gasteiger partial charge in [-0.15, -0.1) is 0 Å². The molecule has 0 aromatic heterocycles. The van der Waals surface area contributed by atoms with Gasteiger partial charge in [0, 0.05) is 13.0 Å². The standard InChI is InChI=1S/C6H12N2O3.C2HF3O2/c1-4(6(10)11)8-5(9)2-3-7;3-2(4,5)1(6)7/h4H,2-3,7H2,1H3,(H,8,9)(H,10,11);(H,6,7)/t4-;/m0./s1. The summed E-state index contributed by atoms with van der Waals surface area (Å²) in [7, 11) is 0. The second-order valence-electron chi connectivity index (χ2n) is 2.97. The Labute approximate surface area is 99.8 Å². The molecule has 5 N–H and O–H groups in total. The smallest absolute Gasteiger partial charge is 0.480 e. The summed E-state index contributed by atoms with van der Waals surface area (Å²) in [6, 6.07) is -0.839. The normalized spacial score (nSPS) is 11.8. The van der Waals surface area contributed by atoms with Crippen LogP contribution in [-0.2, 0) is 14.4 Å². The molecule has 0 heterocycles. The van der Waals surface area contributed by atoms with E-state index < -0.39 is 24.2 Å². The molecule has 7 nitrogen and oxygen atoms in total. The summed E-state index contributed by atoms with van der Waals surface area (Å²) in [5, 5.41) is 17.7. The van der Waals surface area contributed by atoms with Gasteiger partial charge in [0.2, 0.25) is 5.91 Å². The van der Waals surface area contributed by atoms with Gasteiger partial charge in [0.05, 0.1) is 0 Å². The number of carboxylic acids is 2. The summed E-state index contributed by atoms with van der Waals surface area (Å²) in [6.45, 7) is 1.63. The highest BCUT2D eigenvalue weighted by Crippen LogP contribution is 2.13. The van der Waals surface area contributed by atoms with E-state index in [9.17, 15) is 22.8 Å². The molecule has 1 amide bonds. The summed E-state index contributed by atoms with van der Waals surface area (Å²) in [6.07, 6.45) is -4.92. The molecular formula is C8H13F3N2O5. The van der Waals surface area contributed by atoms with Gasteiger partial charge in [0.1, 0.15) is 6.04 Å². The van der Waals surface area contributed by atoms with Crippen LogP contribution in [0.5, 0.6) is 0 Å². The minimum atomic E-state index is -5.08. The number of carboxylic acid groups (broad SMARTS) is 2. The summed E-state index contributed by atoms with van der Waals surface area (Å²) in [4.78, 5) is 29.8. The lowest BCUT2D eigenvalue weighted by Crippen LogP contribution is -2.38. The average Bonchev–Trinajstić information content (AvgIpc) is 2.16. The lowest BCUT2D eigenvalue weighted by molar-refractivity contribution is -0.192. The predicted molar refractivity (Wildman–Crippen MR) is 52.6 cm³/mol. The highest BCUT2D eigenvalue weighted by molar-refractivity contribution is 5.83. The third-order valence-electron chi connectivity index (χ3n) is 1.36.